The molecule has 2 heterocycles. The summed E-state index contributed by atoms with van der Waals surface area (Å²) in [5, 5.41) is 3.40. The number of nitrogens with one attached hydrogen (secondary N) is 1. The summed E-state index contributed by atoms with van der Waals surface area (Å²) in [7, 11) is 0. The smallest absolute Gasteiger partial charge is 0.414 e. The molecule has 18 heavy (non-hydrogen) atoms. The molecule has 4 nitrogen and oxygen atoms in total. The van der Waals surface area contributed by atoms with Crippen molar-refractivity contribution in [3.8, 4) is 0 Å². The van der Waals surface area contributed by atoms with Crippen molar-refractivity contribution in [2.75, 3.05) is 31.1 Å². The molecule has 0 aromatic heterocycles. The SMILES string of the molecule is C[C@@]1(c2ccc(N3CCOC3=O)cc2)CCNC1. The highest BCUT2D eigenvalue weighted by molar-refractivity contribution is 5.89. The van der Waals surface area contributed by atoms with Gasteiger partial charge < -0.3 is 10.1 Å². The van der Waals surface area contributed by atoms with Gasteiger partial charge in [0, 0.05) is 17.6 Å². The number of carbonyl (C=O) groups is 1. The molecule has 1 atom stereocenters. The number of cyclic esters (lactones) is 1. The molecule has 0 spiro atoms. The topological polar surface area (TPSA) is 41.6 Å². The van der Waals surface area contributed by atoms with Crippen LogP contribution in [0.2, 0.25) is 0 Å². The van der Waals surface area contributed by atoms with Crippen molar-refractivity contribution in [3.05, 3.63) is 29.8 Å². The van der Waals surface area contributed by atoms with Gasteiger partial charge in [0.15, 0.2) is 0 Å². The molecule has 1 aromatic carbocycles. The fourth-order valence-electron chi connectivity index (χ4n) is 2.74. The van der Waals surface area contributed by atoms with Crippen LogP contribution in [0.5, 0.6) is 0 Å². The maximum Gasteiger partial charge on any atom is 0.414 e. The Labute approximate surface area is 107 Å². The minimum Gasteiger partial charge on any atom is -0.447 e. The molecule has 2 saturated heterocycles. The summed E-state index contributed by atoms with van der Waals surface area (Å²) < 4.78 is 4.95. The minimum atomic E-state index is -0.239. The average Bonchev–Trinajstić information content (AvgIpc) is 2.99. The Bertz CT molecular complexity index is 449. The van der Waals surface area contributed by atoms with Crippen molar-refractivity contribution >= 4 is 11.8 Å². The second-order valence-electron chi connectivity index (χ2n) is 5.30. The second-order valence-corrected chi connectivity index (χ2v) is 5.30. The van der Waals surface area contributed by atoms with Crippen LogP contribution in [0, 0.1) is 0 Å². The summed E-state index contributed by atoms with van der Waals surface area (Å²) in [4.78, 5) is 13.2. The molecule has 1 amide bonds. The summed E-state index contributed by atoms with van der Waals surface area (Å²) in [5.74, 6) is 0. The highest BCUT2D eigenvalue weighted by Gasteiger charge is 2.30. The molecule has 96 valence electrons. The van der Waals surface area contributed by atoms with Crippen LogP contribution in [0.25, 0.3) is 0 Å². The van der Waals surface area contributed by atoms with Gasteiger partial charge in [-0.3, -0.25) is 4.90 Å². The van der Waals surface area contributed by atoms with Gasteiger partial charge in [-0.2, -0.15) is 0 Å². The van der Waals surface area contributed by atoms with Gasteiger partial charge >= 0.3 is 6.09 Å². The summed E-state index contributed by atoms with van der Waals surface area (Å²) in [6.45, 7) is 5.53. The first-order valence-corrected chi connectivity index (χ1v) is 6.45. The lowest BCUT2D eigenvalue weighted by molar-refractivity contribution is 0.181. The number of amides is 1. The first-order chi connectivity index (χ1) is 8.69. The van der Waals surface area contributed by atoms with Crippen molar-refractivity contribution in [2.45, 2.75) is 18.8 Å². The van der Waals surface area contributed by atoms with Crippen LogP contribution >= 0.6 is 0 Å². The number of carbonyl (C=O) groups excluding carboxylic acids is 1. The van der Waals surface area contributed by atoms with E-state index >= 15 is 0 Å². The van der Waals surface area contributed by atoms with Gasteiger partial charge in [0.1, 0.15) is 6.61 Å². The van der Waals surface area contributed by atoms with Crippen LogP contribution < -0.4 is 10.2 Å². The van der Waals surface area contributed by atoms with Crippen molar-refractivity contribution in [2.24, 2.45) is 0 Å². The van der Waals surface area contributed by atoms with E-state index in [0.717, 1.165) is 25.2 Å². The Morgan fingerprint density at radius 1 is 1.33 bits per heavy atom. The molecular formula is C14H18N2O2. The molecule has 2 aliphatic rings. The monoisotopic (exact) mass is 246 g/mol. The van der Waals surface area contributed by atoms with Crippen LogP contribution in [0.4, 0.5) is 10.5 Å². The molecule has 1 N–H and O–H groups in total. The molecule has 2 aliphatic heterocycles. The first-order valence-electron chi connectivity index (χ1n) is 6.45. The second kappa shape index (κ2) is 4.28. The van der Waals surface area contributed by atoms with Crippen molar-refractivity contribution in [1.29, 1.82) is 0 Å². The largest absolute Gasteiger partial charge is 0.447 e. The fourth-order valence-corrected chi connectivity index (χ4v) is 2.74. The van der Waals surface area contributed by atoms with Crippen LogP contribution in [-0.4, -0.2) is 32.3 Å². The van der Waals surface area contributed by atoms with E-state index in [0.29, 0.717) is 13.2 Å². The summed E-state index contributed by atoms with van der Waals surface area (Å²) in [5.41, 5.74) is 2.49. The Hall–Kier alpha value is -1.55. The number of rotatable bonds is 2. The van der Waals surface area contributed by atoms with Crippen LogP contribution in [0.3, 0.4) is 0 Å². The number of benzene rings is 1. The zero-order chi connectivity index (χ0) is 12.6. The molecule has 2 fully saturated rings. The summed E-state index contributed by atoms with van der Waals surface area (Å²) in [6, 6.07) is 8.30. The lowest BCUT2D eigenvalue weighted by Crippen LogP contribution is -2.26. The maximum absolute atomic E-state index is 11.5. The average molecular weight is 246 g/mol. The zero-order valence-electron chi connectivity index (χ0n) is 10.6. The standard InChI is InChI=1S/C14H18N2O2/c1-14(6-7-15-10-14)11-2-4-12(5-3-11)16-8-9-18-13(16)17/h2-5,15H,6-10H2,1H3/t14-/m1/s1. The van der Waals surface area contributed by atoms with Gasteiger partial charge in [0.05, 0.1) is 6.54 Å². The van der Waals surface area contributed by atoms with Crippen LogP contribution in [0.1, 0.15) is 18.9 Å². The van der Waals surface area contributed by atoms with E-state index in [1.807, 2.05) is 12.1 Å². The van der Waals surface area contributed by atoms with Gasteiger partial charge in [0.2, 0.25) is 0 Å². The first kappa shape index (κ1) is 11.5. The maximum atomic E-state index is 11.5. The zero-order valence-corrected chi connectivity index (χ0v) is 10.6. The lowest BCUT2D eigenvalue weighted by atomic mass is 9.82. The van der Waals surface area contributed by atoms with E-state index in [1.165, 1.54) is 5.56 Å². The lowest BCUT2D eigenvalue weighted by Gasteiger charge is -2.24. The number of anilines is 1. The van der Waals surface area contributed by atoms with E-state index in [9.17, 15) is 4.79 Å². The number of hydrogen-bond donors (Lipinski definition) is 1. The third-order valence-corrected chi connectivity index (χ3v) is 4.01. The molecular weight excluding hydrogens is 228 g/mol. The van der Waals surface area contributed by atoms with E-state index in [-0.39, 0.29) is 11.5 Å². The molecule has 0 bridgehead atoms. The highest BCUT2D eigenvalue weighted by atomic mass is 16.6. The minimum absolute atomic E-state index is 0.226. The van der Waals surface area contributed by atoms with Gasteiger partial charge in [-0.1, -0.05) is 19.1 Å². The third-order valence-electron chi connectivity index (χ3n) is 4.01. The quantitative estimate of drug-likeness (QED) is 0.866. The molecule has 0 radical (unpaired) electrons. The molecule has 4 heteroatoms. The number of hydrogen-bond acceptors (Lipinski definition) is 3. The normalized spacial score (nSPS) is 27.6. The van der Waals surface area contributed by atoms with E-state index in [1.54, 1.807) is 4.90 Å². The Balaban J connectivity index is 1.82. The number of ether oxygens (including phenoxy) is 1. The third kappa shape index (κ3) is 1.86. The van der Waals surface area contributed by atoms with Gasteiger partial charge in [-0.05, 0) is 30.7 Å². The van der Waals surface area contributed by atoms with Crippen molar-refractivity contribution < 1.29 is 9.53 Å². The molecule has 0 unspecified atom stereocenters. The number of nitrogens with zero attached hydrogens (tertiary/aromatic N) is 1. The predicted molar refractivity (Wildman–Crippen MR) is 70.0 cm³/mol. The molecule has 0 aliphatic carbocycles. The van der Waals surface area contributed by atoms with Gasteiger partial charge in [-0.15, -0.1) is 0 Å². The summed E-state index contributed by atoms with van der Waals surface area (Å²) >= 11 is 0. The summed E-state index contributed by atoms with van der Waals surface area (Å²) in [6.07, 6.45) is 0.925. The Morgan fingerprint density at radius 3 is 2.67 bits per heavy atom. The van der Waals surface area contributed by atoms with Crippen LogP contribution in [-0.2, 0) is 10.2 Å². The van der Waals surface area contributed by atoms with Gasteiger partial charge in [0.25, 0.3) is 0 Å². The van der Waals surface area contributed by atoms with Crippen molar-refractivity contribution in [1.82, 2.24) is 5.32 Å². The Kier molecular flexibility index (Phi) is 2.74. The fraction of sp³-hybridized carbons (Fsp3) is 0.500. The molecule has 1 aromatic rings. The van der Waals surface area contributed by atoms with Gasteiger partial charge in [-0.25, -0.2) is 4.79 Å². The Morgan fingerprint density at radius 2 is 2.11 bits per heavy atom. The van der Waals surface area contributed by atoms with E-state index in [2.05, 4.69) is 24.4 Å². The van der Waals surface area contributed by atoms with Crippen LogP contribution in [0.15, 0.2) is 24.3 Å². The molecule has 3 rings (SSSR count). The van der Waals surface area contributed by atoms with Crippen molar-refractivity contribution in [3.63, 3.8) is 0 Å². The highest BCUT2D eigenvalue weighted by Crippen LogP contribution is 2.31. The molecule has 0 saturated carbocycles. The van der Waals surface area contributed by atoms with E-state index < -0.39 is 0 Å². The predicted octanol–water partition coefficient (Wildman–Crippen LogP) is 1.89. The van der Waals surface area contributed by atoms with E-state index in [4.69, 9.17) is 4.74 Å².